The van der Waals surface area contributed by atoms with E-state index in [4.69, 9.17) is 5.73 Å². The Labute approximate surface area is 187 Å². The topological polar surface area (TPSA) is 122 Å². The van der Waals surface area contributed by atoms with E-state index < -0.39 is 5.82 Å². The van der Waals surface area contributed by atoms with Crippen LogP contribution in [-0.2, 0) is 5.75 Å². The van der Waals surface area contributed by atoms with Gasteiger partial charge in [0.1, 0.15) is 11.6 Å². The van der Waals surface area contributed by atoms with E-state index in [0.29, 0.717) is 33.8 Å². The van der Waals surface area contributed by atoms with Gasteiger partial charge in [-0.15, -0.1) is 0 Å². The number of carbonyl (C=O) groups excluding carboxylic acids is 1. The minimum atomic E-state index is -0.455. The molecule has 0 bridgehead atoms. The molecule has 4 rings (SSSR count). The second-order valence-electron chi connectivity index (χ2n) is 6.96. The van der Waals surface area contributed by atoms with Gasteiger partial charge in [0, 0.05) is 29.3 Å². The molecule has 10 heteroatoms. The number of amides is 1. The zero-order chi connectivity index (χ0) is 22.5. The van der Waals surface area contributed by atoms with Crippen molar-refractivity contribution in [3.8, 4) is 0 Å². The number of hydrogen-bond acceptors (Lipinski definition) is 7. The molecule has 0 atom stereocenters. The average Bonchev–Trinajstić information content (AvgIpc) is 3.19. The number of benzene rings is 2. The van der Waals surface area contributed by atoms with E-state index in [1.54, 1.807) is 24.4 Å². The Balaban J connectivity index is 1.34. The standard InChI is InChI=1S/C22H20FN7OS/c1-13-10-20(30-29-13)27-19-8-9-25-22(28-19)32-12-14-2-4-15(5-3-14)21(31)26-18-7-6-16(23)11-17(18)24/h2-11H,12,24H2,1H3,(H,26,31)(H2,25,27,28,29,30). The van der Waals surface area contributed by atoms with Crippen LogP contribution in [0.1, 0.15) is 21.6 Å². The highest BCUT2D eigenvalue weighted by atomic mass is 32.2. The lowest BCUT2D eigenvalue weighted by Gasteiger charge is -2.09. The molecule has 0 aliphatic rings. The van der Waals surface area contributed by atoms with Crippen LogP contribution in [0.25, 0.3) is 0 Å². The Kier molecular flexibility index (Phi) is 6.31. The highest BCUT2D eigenvalue weighted by Crippen LogP contribution is 2.23. The minimum Gasteiger partial charge on any atom is -0.397 e. The van der Waals surface area contributed by atoms with Crippen molar-refractivity contribution >= 4 is 40.7 Å². The molecule has 0 saturated heterocycles. The van der Waals surface area contributed by atoms with Crippen LogP contribution >= 0.6 is 11.8 Å². The molecule has 0 unspecified atom stereocenters. The molecule has 0 aliphatic heterocycles. The number of aryl methyl sites for hydroxylation is 1. The SMILES string of the molecule is Cc1cc(Nc2ccnc(SCc3ccc(C(=O)Nc4ccc(F)cc4N)cc3)n2)n[nH]1. The normalized spacial score (nSPS) is 10.7. The highest BCUT2D eigenvalue weighted by molar-refractivity contribution is 7.98. The first-order valence-corrected chi connectivity index (χ1v) is 10.6. The lowest BCUT2D eigenvalue weighted by molar-refractivity contribution is 0.102. The first-order valence-electron chi connectivity index (χ1n) is 9.66. The van der Waals surface area contributed by atoms with Crippen LogP contribution < -0.4 is 16.4 Å². The summed E-state index contributed by atoms with van der Waals surface area (Å²) in [6.07, 6.45) is 1.69. The van der Waals surface area contributed by atoms with E-state index in [0.717, 1.165) is 11.3 Å². The predicted molar refractivity (Wildman–Crippen MR) is 123 cm³/mol. The number of anilines is 4. The highest BCUT2D eigenvalue weighted by Gasteiger charge is 2.09. The Bertz CT molecular complexity index is 1240. The maximum Gasteiger partial charge on any atom is 0.255 e. The molecule has 8 nitrogen and oxygen atoms in total. The van der Waals surface area contributed by atoms with Crippen molar-refractivity contribution in [3.63, 3.8) is 0 Å². The van der Waals surface area contributed by atoms with Crippen molar-refractivity contribution in [1.29, 1.82) is 0 Å². The van der Waals surface area contributed by atoms with Crippen molar-refractivity contribution in [2.24, 2.45) is 0 Å². The van der Waals surface area contributed by atoms with E-state index in [1.165, 1.54) is 30.0 Å². The van der Waals surface area contributed by atoms with E-state index in [9.17, 15) is 9.18 Å². The molecule has 0 fully saturated rings. The van der Waals surface area contributed by atoms with Gasteiger partial charge in [0.15, 0.2) is 11.0 Å². The number of halogens is 1. The number of aromatic amines is 1. The minimum absolute atomic E-state index is 0.172. The predicted octanol–water partition coefficient (Wildman–Crippen LogP) is 4.52. The van der Waals surface area contributed by atoms with Crippen LogP contribution in [0.15, 0.2) is 66.0 Å². The van der Waals surface area contributed by atoms with Crippen LogP contribution in [-0.4, -0.2) is 26.1 Å². The molecule has 2 aromatic carbocycles. The van der Waals surface area contributed by atoms with Crippen molar-refractivity contribution < 1.29 is 9.18 Å². The van der Waals surface area contributed by atoms with Crippen LogP contribution in [0.5, 0.6) is 0 Å². The van der Waals surface area contributed by atoms with Crippen LogP contribution in [0.2, 0.25) is 0 Å². The third-order valence-corrected chi connectivity index (χ3v) is 5.37. The molecule has 2 aromatic heterocycles. The van der Waals surface area contributed by atoms with Gasteiger partial charge < -0.3 is 16.4 Å². The third kappa shape index (κ3) is 5.41. The van der Waals surface area contributed by atoms with E-state index in [1.807, 2.05) is 25.1 Å². The van der Waals surface area contributed by atoms with Gasteiger partial charge in [-0.25, -0.2) is 14.4 Å². The fourth-order valence-electron chi connectivity index (χ4n) is 2.84. The summed E-state index contributed by atoms with van der Waals surface area (Å²) in [6.45, 7) is 1.92. The molecule has 5 N–H and O–H groups in total. The van der Waals surface area contributed by atoms with Crippen molar-refractivity contribution in [1.82, 2.24) is 20.2 Å². The number of nitrogens with zero attached hydrogens (tertiary/aromatic N) is 3. The molecular formula is C22H20FN7OS. The van der Waals surface area contributed by atoms with Gasteiger partial charge in [-0.2, -0.15) is 5.10 Å². The molecule has 2 heterocycles. The molecule has 32 heavy (non-hydrogen) atoms. The second-order valence-corrected chi connectivity index (χ2v) is 7.90. The number of nitrogen functional groups attached to an aromatic ring is 1. The van der Waals surface area contributed by atoms with Gasteiger partial charge in [-0.05, 0) is 48.9 Å². The maximum absolute atomic E-state index is 13.2. The smallest absolute Gasteiger partial charge is 0.255 e. The molecule has 0 saturated carbocycles. The van der Waals surface area contributed by atoms with Gasteiger partial charge in [0.25, 0.3) is 5.91 Å². The number of hydrogen-bond donors (Lipinski definition) is 4. The van der Waals surface area contributed by atoms with Crippen LogP contribution in [0.3, 0.4) is 0 Å². The zero-order valence-electron chi connectivity index (χ0n) is 17.1. The Morgan fingerprint density at radius 2 is 1.94 bits per heavy atom. The summed E-state index contributed by atoms with van der Waals surface area (Å²) in [7, 11) is 0. The lowest BCUT2D eigenvalue weighted by Crippen LogP contribution is -2.13. The molecule has 4 aromatic rings. The van der Waals surface area contributed by atoms with E-state index >= 15 is 0 Å². The Morgan fingerprint density at radius 3 is 2.66 bits per heavy atom. The summed E-state index contributed by atoms with van der Waals surface area (Å²) in [5.41, 5.74) is 8.72. The summed E-state index contributed by atoms with van der Waals surface area (Å²) in [6, 6.07) is 14.7. The number of nitrogens with one attached hydrogen (secondary N) is 3. The zero-order valence-corrected chi connectivity index (χ0v) is 17.9. The maximum atomic E-state index is 13.2. The number of aromatic nitrogens is 4. The Hall–Kier alpha value is -3.92. The van der Waals surface area contributed by atoms with Crippen molar-refractivity contribution in [2.75, 3.05) is 16.4 Å². The fraction of sp³-hybridized carbons (Fsp3) is 0.0909. The summed E-state index contributed by atoms with van der Waals surface area (Å²) >= 11 is 1.48. The summed E-state index contributed by atoms with van der Waals surface area (Å²) in [5.74, 6) is 1.20. The largest absolute Gasteiger partial charge is 0.397 e. The first kappa shape index (κ1) is 21.3. The molecule has 162 valence electrons. The molecule has 1 amide bonds. The first-order chi connectivity index (χ1) is 15.5. The quantitative estimate of drug-likeness (QED) is 0.186. The molecular weight excluding hydrogens is 429 g/mol. The average molecular weight is 450 g/mol. The van der Waals surface area contributed by atoms with Gasteiger partial charge in [0.2, 0.25) is 0 Å². The van der Waals surface area contributed by atoms with Gasteiger partial charge in [0.05, 0.1) is 11.4 Å². The van der Waals surface area contributed by atoms with E-state index in [-0.39, 0.29) is 11.6 Å². The monoisotopic (exact) mass is 449 g/mol. The summed E-state index contributed by atoms with van der Waals surface area (Å²) in [4.78, 5) is 21.2. The van der Waals surface area contributed by atoms with Gasteiger partial charge in [-0.3, -0.25) is 9.89 Å². The Morgan fingerprint density at radius 1 is 1.12 bits per heavy atom. The van der Waals surface area contributed by atoms with E-state index in [2.05, 4.69) is 30.8 Å². The van der Waals surface area contributed by atoms with Crippen molar-refractivity contribution in [3.05, 3.63) is 83.4 Å². The lowest BCUT2D eigenvalue weighted by atomic mass is 10.1. The third-order valence-electron chi connectivity index (χ3n) is 4.44. The molecule has 0 radical (unpaired) electrons. The molecule has 0 aliphatic carbocycles. The molecule has 0 spiro atoms. The fourth-order valence-corrected chi connectivity index (χ4v) is 3.62. The summed E-state index contributed by atoms with van der Waals surface area (Å²) < 4.78 is 13.2. The van der Waals surface area contributed by atoms with Crippen molar-refractivity contribution in [2.45, 2.75) is 17.8 Å². The number of rotatable bonds is 7. The summed E-state index contributed by atoms with van der Waals surface area (Å²) in [5, 5.41) is 13.4. The van der Waals surface area contributed by atoms with Crippen LogP contribution in [0.4, 0.5) is 27.4 Å². The second kappa shape index (κ2) is 9.48. The number of H-pyrrole nitrogens is 1. The van der Waals surface area contributed by atoms with Gasteiger partial charge >= 0.3 is 0 Å². The number of carbonyl (C=O) groups is 1. The van der Waals surface area contributed by atoms with Gasteiger partial charge in [-0.1, -0.05) is 23.9 Å². The number of nitrogens with two attached hydrogens (primary N) is 1. The van der Waals surface area contributed by atoms with Crippen LogP contribution in [0, 0.1) is 12.7 Å². The number of thioether (sulfide) groups is 1.